The number of hydrazine groups is 1. The van der Waals surface area contributed by atoms with Crippen molar-refractivity contribution in [3.8, 4) is 0 Å². The molecule has 0 saturated heterocycles. The van der Waals surface area contributed by atoms with Crippen LogP contribution < -0.4 is 11.3 Å². The lowest BCUT2D eigenvalue weighted by Crippen LogP contribution is -2.39. The summed E-state index contributed by atoms with van der Waals surface area (Å²) in [6, 6.07) is 11.1. The van der Waals surface area contributed by atoms with Gasteiger partial charge in [0, 0.05) is 12.0 Å². The highest BCUT2D eigenvalue weighted by Gasteiger charge is 2.19. The Labute approximate surface area is 99.2 Å². The fourth-order valence-electron chi connectivity index (χ4n) is 2.28. The molecule has 2 heteroatoms. The number of nitrogens with one attached hydrogen (secondary N) is 1. The third-order valence-corrected chi connectivity index (χ3v) is 3.24. The van der Waals surface area contributed by atoms with E-state index in [1.807, 2.05) is 0 Å². The van der Waals surface area contributed by atoms with Crippen LogP contribution in [0.2, 0.25) is 0 Å². The summed E-state index contributed by atoms with van der Waals surface area (Å²) in [7, 11) is 0. The van der Waals surface area contributed by atoms with Gasteiger partial charge >= 0.3 is 0 Å². The second-order valence-electron chi connectivity index (χ2n) is 4.34. The van der Waals surface area contributed by atoms with E-state index in [1.54, 1.807) is 0 Å². The first-order valence-electron chi connectivity index (χ1n) is 6.34. The van der Waals surface area contributed by atoms with Gasteiger partial charge in [-0.25, -0.2) is 0 Å². The summed E-state index contributed by atoms with van der Waals surface area (Å²) in [5.41, 5.74) is 4.38. The molecule has 2 atom stereocenters. The zero-order valence-electron chi connectivity index (χ0n) is 10.4. The molecule has 0 radical (unpaired) electrons. The number of rotatable bonds is 7. The van der Waals surface area contributed by atoms with Gasteiger partial charge in [-0.2, -0.15) is 0 Å². The molecule has 0 aliphatic rings. The Morgan fingerprint density at radius 2 is 1.88 bits per heavy atom. The van der Waals surface area contributed by atoms with E-state index in [0.29, 0.717) is 12.0 Å². The van der Waals surface area contributed by atoms with E-state index >= 15 is 0 Å². The Balaban J connectivity index is 2.71. The maximum atomic E-state index is 5.68. The van der Waals surface area contributed by atoms with Crippen molar-refractivity contribution in [2.45, 2.75) is 51.5 Å². The number of hydrogen-bond acceptors (Lipinski definition) is 2. The Bertz CT molecular complexity index is 271. The number of benzene rings is 1. The molecule has 0 heterocycles. The van der Waals surface area contributed by atoms with Crippen LogP contribution in [-0.2, 0) is 0 Å². The lowest BCUT2D eigenvalue weighted by molar-refractivity contribution is 0.396. The molecule has 3 N–H and O–H groups in total. The molecule has 2 nitrogen and oxygen atoms in total. The van der Waals surface area contributed by atoms with E-state index < -0.39 is 0 Å². The van der Waals surface area contributed by atoms with Gasteiger partial charge in [-0.05, 0) is 18.4 Å². The Morgan fingerprint density at radius 3 is 2.38 bits per heavy atom. The molecular weight excluding hydrogens is 196 g/mol. The van der Waals surface area contributed by atoms with Crippen molar-refractivity contribution in [1.29, 1.82) is 0 Å². The first-order chi connectivity index (χ1) is 7.83. The highest BCUT2D eigenvalue weighted by atomic mass is 15.2. The minimum Gasteiger partial charge on any atom is -0.271 e. The molecule has 16 heavy (non-hydrogen) atoms. The van der Waals surface area contributed by atoms with Crippen LogP contribution in [0, 0.1) is 0 Å². The molecule has 0 aromatic heterocycles. The maximum Gasteiger partial charge on any atom is 0.0279 e. The lowest BCUT2D eigenvalue weighted by atomic mass is 9.87. The third-order valence-electron chi connectivity index (χ3n) is 3.24. The lowest BCUT2D eigenvalue weighted by Gasteiger charge is -2.26. The molecule has 0 bridgehead atoms. The van der Waals surface area contributed by atoms with Crippen molar-refractivity contribution < 1.29 is 0 Å². The van der Waals surface area contributed by atoms with Gasteiger partial charge in [0.2, 0.25) is 0 Å². The van der Waals surface area contributed by atoms with Crippen LogP contribution in [0.15, 0.2) is 30.3 Å². The van der Waals surface area contributed by atoms with Crippen LogP contribution in [0.3, 0.4) is 0 Å². The normalized spacial score (nSPS) is 14.7. The molecule has 1 aromatic rings. The minimum atomic E-state index is 0.396. The van der Waals surface area contributed by atoms with Crippen molar-refractivity contribution in [3.63, 3.8) is 0 Å². The van der Waals surface area contributed by atoms with Crippen LogP contribution >= 0.6 is 0 Å². The van der Waals surface area contributed by atoms with Crippen LogP contribution in [0.25, 0.3) is 0 Å². The average Bonchev–Trinajstić information content (AvgIpc) is 2.35. The quantitative estimate of drug-likeness (QED) is 0.547. The summed E-state index contributed by atoms with van der Waals surface area (Å²) in [5, 5.41) is 0. The second kappa shape index (κ2) is 7.42. The SMILES string of the molecule is CCCCC(NN)C(CC)c1ccccc1. The highest BCUT2D eigenvalue weighted by Crippen LogP contribution is 2.25. The smallest absolute Gasteiger partial charge is 0.0279 e. The van der Waals surface area contributed by atoms with Gasteiger partial charge in [-0.3, -0.25) is 11.3 Å². The van der Waals surface area contributed by atoms with Crippen molar-refractivity contribution in [2.24, 2.45) is 5.84 Å². The Hall–Kier alpha value is -0.860. The molecule has 1 aromatic carbocycles. The van der Waals surface area contributed by atoms with E-state index in [9.17, 15) is 0 Å². The van der Waals surface area contributed by atoms with Gasteiger partial charge in [0.25, 0.3) is 0 Å². The predicted octanol–water partition coefficient (Wildman–Crippen LogP) is 3.20. The first-order valence-corrected chi connectivity index (χ1v) is 6.34. The zero-order valence-corrected chi connectivity index (χ0v) is 10.4. The van der Waals surface area contributed by atoms with Gasteiger partial charge < -0.3 is 0 Å². The van der Waals surface area contributed by atoms with E-state index in [0.717, 1.165) is 12.8 Å². The van der Waals surface area contributed by atoms with E-state index in [2.05, 4.69) is 49.6 Å². The van der Waals surface area contributed by atoms with Crippen LogP contribution in [0.1, 0.15) is 51.0 Å². The fraction of sp³-hybridized carbons (Fsp3) is 0.571. The fourth-order valence-corrected chi connectivity index (χ4v) is 2.28. The van der Waals surface area contributed by atoms with Crippen molar-refractivity contribution in [3.05, 3.63) is 35.9 Å². The molecule has 0 fully saturated rings. The first kappa shape index (κ1) is 13.2. The van der Waals surface area contributed by atoms with E-state index in [1.165, 1.54) is 18.4 Å². The van der Waals surface area contributed by atoms with Gasteiger partial charge in [0.15, 0.2) is 0 Å². The summed E-state index contributed by atoms with van der Waals surface area (Å²) in [5.74, 6) is 6.20. The van der Waals surface area contributed by atoms with Crippen molar-refractivity contribution in [1.82, 2.24) is 5.43 Å². The monoisotopic (exact) mass is 220 g/mol. The van der Waals surface area contributed by atoms with Gasteiger partial charge in [0.1, 0.15) is 0 Å². The summed E-state index contributed by atoms with van der Waals surface area (Å²) in [6.07, 6.45) is 4.74. The number of unbranched alkanes of at least 4 members (excludes halogenated alkanes) is 1. The molecule has 1 rings (SSSR count). The summed E-state index contributed by atoms with van der Waals surface area (Å²) in [6.45, 7) is 4.45. The van der Waals surface area contributed by atoms with Crippen LogP contribution in [0.4, 0.5) is 0 Å². The maximum absolute atomic E-state index is 5.68. The van der Waals surface area contributed by atoms with E-state index in [4.69, 9.17) is 5.84 Å². The Kier molecular flexibility index (Phi) is 6.12. The number of hydrogen-bond donors (Lipinski definition) is 2. The number of nitrogens with two attached hydrogens (primary N) is 1. The Morgan fingerprint density at radius 1 is 1.19 bits per heavy atom. The predicted molar refractivity (Wildman–Crippen MR) is 70.1 cm³/mol. The van der Waals surface area contributed by atoms with Crippen LogP contribution in [0.5, 0.6) is 0 Å². The van der Waals surface area contributed by atoms with Crippen molar-refractivity contribution in [2.75, 3.05) is 0 Å². The largest absolute Gasteiger partial charge is 0.271 e. The summed E-state index contributed by atoms with van der Waals surface area (Å²) >= 11 is 0. The highest BCUT2D eigenvalue weighted by molar-refractivity contribution is 5.21. The molecule has 0 aliphatic carbocycles. The van der Waals surface area contributed by atoms with E-state index in [-0.39, 0.29) is 0 Å². The topological polar surface area (TPSA) is 38.0 Å². The molecule has 90 valence electrons. The van der Waals surface area contributed by atoms with Crippen molar-refractivity contribution >= 4 is 0 Å². The molecule has 2 unspecified atom stereocenters. The minimum absolute atomic E-state index is 0.396. The summed E-state index contributed by atoms with van der Waals surface area (Å²) < 4.78 is 0. The molecule has 0 spiro atoms. The van der Waals surface area contributed by atoms with Gasteiger partial charge in [-0.15, -0.1) is 0 Å². The van der Waals surface area contributed by atoms with Crippen LogP contribution in [-0.4, -0.2) is 6.04 Å². The average molecular weight is 220 g/mol. The molecule has 0 saturated carbocycles. The van der Waals surface area contributed by atoms with Gasteiger partial charge in [-0.1, -0.05) is 57.0 Å². The summed E-state index contributed by atoms with van der Waals surface area (Å²) in [4.78, 5) is 0. The molecular formula is C14H24N2. The third kappa shape index (κ3) is 3.62. The molecule has 0 amide bonds. The van der Waals surface area contributed by atoms with Gasteiger partial charge in [0.05, 0.1) is 0 Å². The second-order valence-corrected chi connectivity index (χ2v) is 4.34. The molecule has 0 aliphatic heterocycles. The zero-order chi connectivity index (χ0) is 11.8. The standard InChI is InChI=1S/C14H24N2/c1-3-5-11-14(16-15)13(4-2)12-9-7-6-8-10-12/h6-10,13-14,16H,3-5,11,15H2,1-2H3.